The Labute approximate surface area is 130 Å². The van der Waals surface area contributed by atoms with Gasteiger partial charge in [0.1, 0.15) is 0 Å². The molecule has 3 aromatic heterocycles. The van der Waals surface area contributed by atoms with Crippen molar-refractivity contribution in [3.05, 3.63) is 47.5 Å². The van der Waals surface area contributed by atoms with Gasteiger partial charge in [-0.3, -0.25) is 9.89 Å². The molecule has 0 unspecified atom stereocenters. The smallest absolute Gasteiger partial charge is 0.220 e. The van der Waals surface area contributed by atoms with E-state index < -0.39 is 0 Å². The summed E-state index contributed by atoms with van der Waals surface area (Å²) in [6.07, 6.45) is 7.97. The molecule has 3 heterocycles. The molecular formula is C14H14N6OS. The molecule has 0 spiro atoms. The Morgan fingerprint density at radius 1 is 1.32 bits per heavy atom. The summed E-state index contributed by atoms with van der Waals surface area (Å²) >= 11 is 1.47. The minimum absolute atomic E-state index is 0.00767. The van der Waals surface area contributed by atoms with E-state index >= 15 is 0 Å². The van der Waals surface area contributed by atoms with Crippen LogP contribution < -0.4 is 5.32 Å². The van der Waals surface area contributed by atoms with E-state index in [1.54, 1.807) is 30.9 Å². The van der Waals surface area contributed by atoms with Gasteiger partial charge in [0.2, 0.25) is 5.91 Å². The van der Waals surface area contributed by atoms with Gasteiger partial charge in [0, 0.05) is 30.4 Å². The number of aromatic amines is 1. The average Bonchev–Trinajstić information content (AvgIpc) is 3.23. The first kappa shape index (κ1) is 14.3. The summed E-state index contributed by atoms with van der Waals surface area (Å²) in [7, 11) is 0. The summed E-state index contributed by atoms with van der Waals surface area (Å²) in [6.45, 7) is 0.410. The molecule has 0 aliphatic rings. The first-order valence-electron chi connectivity index (χ1n) is 6.77. The van der Waals surface area contributed by atoms with Crippen LogP contribution in [0.2, 0.25) is 0 Å². The fraction of sp³-hybridized carbons (Fsp3) is 0.214. The van der Waals surface area contributed by atoms with Crippen molar-refractivity contribution in [1.82, 2.24) is 30.5 Å². The highest BCUT2D eigenvalue weighted by Crippen LogP contribution is 2.19. The number of amides is 1. The molecule has 0 saturated carbocycles. The van der Waals surface area contributed by atoms with Gasteiger partial charge in [-0.1, -0.05) is 0 Å². The summed E-state index contributed by atoms with van der Waals surface area (Å²) in [6, 6.07) is 1.76. The van der Waals surface area contributed by atoms with Crippen LogP contribution in [0.4, 0.5) is 0 Å². The number of aromatic nitrogens is 5. The zero-order valence-corrected chi connectivity index (χ0v) is 12.5. The molecule has 1 amide bonds. The number of thiazole rings is 1. The van der Waals surface area contributed by atoms with Crippen molar-refractivity contribution in [2.45, 2.75) is 19.4 Å². The SMILES string of the molecule is O=C(CCc1cn[nH]c1)NCc1csc(-c2ncccn2)n1. The minimum Gasteiger partial charge on any atom is -0.350 e. The Bertz CT molecular complexity index is 725. The van der Waals surface area contributed by atoms with Crippen LogP contribution in [0.3, 0.4) is 0 Å². The number of nitrogens with zero attached hydrogens (tertiary/aromatic N) is 4. The monoisotopic (exact) mass is 314 g/mol. The van der Waals surface area contributed by atoms with Crippen molar-refractivity contribution >= 4 is 17.2 Å². The lowest BCUT2D eigenvalue weighted by atomic mass is 10.2. The number of nitrogens with one attached hydrogen (secondary N) is 2. The summed E-state index contributed by atoms with van der Waals surface area (Å²) in [5, 5.41) is 12.1. The Hall–Kier alpha value is -2.61. The lowest BCUT2D eigenvalue weighted by molar-refractivity contribution is -0.121. The van der Waals surface area contributed by atoms with E-state index in [9.17, 15) is 4.79 Å². The number of H-pyrrole nitrogens is 1. The van der Waals surface area contributed by atoms with E-state index in [2.05, 4.69) is 30.5 Å². The van der Waals surface area contributed by atoms with Crippen LogP contribution in [0.5, 0.6) is 0 Å². The van der Waals surface area contributed by atoms with Crippen LogP contribution in [0, 0.1) is 0 Å². The van der Waals surface area contributed by atoms with Crippen molar-refractivity contribution in [3.8, 4) is 10.8 Å². The number of carbonyl (C=O) groups excluding carboxylic acids is 1. The van der Waals surface area contributed by atoms with E-state index in [0.717, 1.165) is 16.3 Å². The largest absolute Gasteiger partial charge is 0.350 e. The first-order chi connectivity index (χ1) is 10.8. The van der Waals surface area contributed by atoms with E-state index in [-0.39, 0.29) is 5.91 Å². The molecule has 2 N–H and O–H groups in total. The molecule has 0 aromatic carbocycles. The van der Waals surface area contributed by atoms with E-state index in [1.807, 2.05) is 5.38 Å². The molecule has 7 nitrogen and oxygen atoms in total. The van der Waals surface area contributed by atoms with Gasteiger partial charge in [-0.25, -0.2) is 15.0 Å². The number of carbonyl (C=O) groups is 1. The summed E-state index contributed by atoms with van der Waals surface area (Å²) < 4.78 is 0. The van der Waals surface area contributed by atoms with Gasteiger partial charge < -0.3 is 5.32 Å². The standard InChI is InChI=1S/C14H14N6OS/c21-12(3-2-10-6-18-19-7-10)17-8-11-9-22-14(20-11)13-15-4-1-5-16-13/h1,4-7,9H,2-3,8H2,(H,17,21)(H,18,19). The van der Waals surface area contributed by atoms with Crippen LogP contribution in [0.1, 0.15) is 17.7 Å². The Kier molecular flexibility index (Phi) is 4.50. The molecule has 3 rings (SSSR count). The molecule has 0 bridgehead atoms. The maximum Gasteiger partial charge on any atom is 0.220 e. The lowest BCUT2D eigenvalue weighted by Crippen LogP contribution is -2.23. The second-order valence-corrected chi connectivity index (χ2v) is 5.46. The Morgan fingerprint density at radius 2 is 2.18 bits per heavy atom. The topological polar surface area (TPSA) is 96.5 Å². The lowest BCUT2D eigenvalue weighted by Gasteiger charge is -2.02. The van der Waals surface area contributed by atoms with Gasteiger partial charge in [0.05, 0.1) is 18.4 Å². The maximum atomic E-state index is 11.8. The van der Waals surface area contributed by atoms with Crippen molar-refractivity contribution in [2.75, 3.05) is 0 Å². The van der Waals surface area contributed by atoms with Crippen molar-refractivity contribution in [1.29, 1.82) is 0 Å². The van der Waals surface area contributed by atoms with Gasteiger partial charge >= 0.3 is 0 Å². The molecule has 112 valence electrons. The third-order valence-corrected chi connectivity index (χ3v) is 3.86. The molecule has 0 aliphatic heterocycles. The van der Waals surface area contributed by atoms with Crippen molar-refractivity contribution in [2.24, 2.45) is 0 Å². The second kappa shape index (κ2) is 6.90. The highest BCUT2D eigenvalue weighted by Gasteiger charge is 2.08. The van der Waals surface area contributed by atoms with Crippen molar-refractivity contribution in [3.63, 3.8) is 0 Å². The van der Waals surface area contributed by atoms with E-state index in [4.69, 9.17) is 0 Å². The maximum absolute atomic E-state index is 11.8. The predicted molar refractivity (Wildman–Crippen MR) is 81.9 cm³/mol. The number of rotatable bonds is 6. The highest BCUT2D eigenvalue weighted by atomic mass is 32.1. The highest BCUT2D eigenvalue weighted by molar-refractivity contribution is 7.13. The molecule has 0 aliphatic carbocycles. The molecule has 0 atom stereocenters. The molecule has 22 heavy (non-hydrogen) atoms. The summed E-state index contributed by atoms with van der Waals surface area (Å²) in [5.41, 5.74) is 1.83. The van der Waals surface area contributed by atoms with E-state index in [1.165, 1.54) is 11.3 Å². The van der Waals surface area contributed by atoms with Crippen LogP contribution >= 0.6 is 11.3 Å². The van der Waals surface area contributed by atoms with Crippen LogP contribution in [0.25, 0.3) is 10.8 Å². The third kappa shape index (κ3) is 3.73. The van der Waals surface area contributed by atoms with Gasteiger partial charge in [0.25, 0.3) is 0 Å². The molecule has 0 radical (unpaired) electrons. The van der Waals surface area contributed by atoms with Gasteiger partial charge in [-0.2, -0.15) is 5.10 Å². The quantitative estimate of drug-likeness (QED) is 0.720. The number of hydrogen-bond acceptors (Lipinski definition) is 6. The summed E-state index contributed by atoms with van der Waals surface area (Å²) in [5.74, 6) is 0.594. The minimum atomic E-state index is -0.00767. The fourth-order valence-corrected chi connectivity index (χ4v) is 2.61. The molecular weight excluding hydrogens is 300 g/mol. The second-order valence-electron chi connectivity index (χ2n) is 4.60. The van der Waals surface area contributed by atoms with Gasteiger partial charge in [0.15, 0.2) is 10.8 Å². The van der Waals surface area contributed by atoms with Gasteiger partial charge in [-0.15, -0.1) is 11.3 Å². The predicted octanol–water partition coefficient (Wildman–Crippen LogP) is 1.57. The molecule has 0 fully saturated rings. The molecule has 0 saturated heterocycles. The molecule has 3 aromatic rings. The zero-order valence-electron chi connectivity index (χ0n) is 11.7. The molecule has 8 heteroatoms. The van der Waals surface area contributed by atoms with E-state index in [0.29, 0.717) is 25.2 Å². The van der Waals surface area contributed by atoms with Crippen LogP contribution in [-0.2, 0) is 17.8 Å². The number of aryl methyl sites for hydroxylation is 1. The fourth-order valence-electron chi connectivity index (χ4n) is 1.85. The first-order valence-corrected chi connectivity index (χ1v) is 7.65. The van der Waals surface area contributed by atoms with Gasteiger partial charge in [-0.05, 0) is 18.1 Å². The normalized spacial score (nSPS) is 10.5. The third-order valence-electron chi connectivity index (χ3n) is 2.97. The Balaban J connectivity index is 1.49. The van der Waals surface area contributed by atoms with Crippen molar-refractivity contribution < 1.29 is 4.79 Å². The number of hydrogen-bond donors (Lipinski definition) is 2. The zero-order chi connectivity index (χ0) is 15.2. The summed E-state index contributed by atoms with van der Waals surface area (Å²) in [4.78, 5) is 24.5. The van der Waals surface area contributed by atoms with Crippen LogP contribution in [-0.4, -0.2) is 31.1 Å². The van der Waals surface area contributed by atoms with Crippen LogP contribution in [0.15, 0.2) is 36.2 Å². The Morgan fingerprint density at radius 3 is 2.95 bits per heavy atom. The average molecular weight is 314 g/mol.